The number of hydrogen-bond acceptors (Lipinski definition) is 3. The third-order valence-corrected chi connectivity index (χ3v) is 3.36. The molecule has 31 heavy (non-hydrogen) atoms. The zero-order valence-electron chi connectivity index (χ0n) is 13.7. The lowest BCUT2D eigenvalue weighted by Gasteiger charge is -2.42. The Kier molecular flexibility index (Phi) is 7.59. The zero-order valence-corrected chi connectivity index (χ0v) is 13.7. The number of aliphatic hydroxyl groups excluding tert-OH is 2. The molecule has 0 aliphatic carbocycles. The fourth-order valence-electron chi connectivity index (χ4n) is 1.49. The van der Waals surface area contributed by atoms with E-state index in [1.54, 1.807) is 0 Å². The predicted molar refractivity (Wildman–Crippen MR) is 59.7 cm³/mol. The van der Waals surface area contributed by atoms with E-state index in [1.807, 2.05) is 0 Å². The average molecular weight is 510 g/mol. The Balaban J connectivity index is 6.50. The normalized spacial score (nSPS) is 17.1. The van der Waals surface area contributed by atoms with E-state index < -0.39 is 67.1 Å². The third kappa shape index (κ3) is 4.21. The van der Waals surface area contributed by atoms with Crippen LogP contribution in [-0.2, 0) is 4.74 Å². The Morgan fingerprint density at radius 3 is 1.10 bits per heavy atom. The van der Waals surface area contributed by atoms with Crippen LogP contribution in [0, 0.1) is 0 Å². The topological polar surface area (TPSA) is 49.7 Å². The van der Waals surface area contributed by atoms with Crippen LogP contribution in [0.2, 0.25) is 0 Å². The molecule has 0 spiro atoms. The second-order valence-electron chi connectivity index (χ2n) is 5.61. The highest BCUT2D eigenvalue weighted by Gasteiger charge is 2.95. The largest absolute Gasteiger partial charge is 0.460 e. The van der Waals surface area contributed by atoms with Crippen LogP contribution in [0.15, 0.2) is 0 Å². The molecule has 0 saturated carbocycles. The van der Waals surface area contributed by atoms with Crippen LogP contribution in [0.3, 0.4) is 0 Å². The number of alkyl halides is 17. The van der Waals surface area contributed by atoms with Crippen LogP contribution in [0.25, 0.3) is 0 Å². The summed E-state index contributed by atoms with van der Waals surface area (Å²) >= 11 is 0. The summed E-state index contributed by atoms with van der Waals surface area (Å²) in [5.74, 6) is -50.7. The van der Waals surface area contributed by atoms with Crippen molar-refractivity contribution >= 4 is 0 Å². The van der Waals surface area contributed by atoms with E-state index in [-0.39, 0.29) is 0 Å². The molecule has 0 aromatic carbocycles. The third-order valence-electron chi connectivity index (χ3n) is 3.36. The maximum absolute atomic E-state index is 13.3. The quantitative estimate of drug-likeness (QED) is 0.431. The summed E-state index contributed by atoms with van der Waals surface area (Å²) in [6, 6.07) is 0. The monoisotopic (exact) mass is 510 g/mol. The van der Waals surface area contributed by atoms with Gasteiger partial charge in [0.15, 0.2) is 0 Å². The molecule has 1 atom stereocenters. The van der Waals surface area contributed by atoms with Gasteiger partial charge in [-0.2, -0.15) is 74.6 Å². The highest BCUT2D eigenvalue weighted by molar-refractivity contribution is 5.14. The van der Waals surface area contributed by atoms with E-state index >= 15 is 0 Å². The van der Waals surface area contributed by atoms with Crippen LogP contribution in [0.4, 0.5) is 74.6 Å². The fourth-order valence-corrected chi connectivity index (χ4v) is 1.49. The highest BCUT2D eigenvalue weighted by Crippen LogP contribution is 2.63. The van der Waals surface area contributed by atoms with Crippen molar-refractivity contribution in [2.75, 3.05) is 13.2 Å². The lowest BCUT2D eigenvalue weighted by atomic mass is 9.90. The molecule has 0 bridgehead atoms. The first kappa shape index (κ1) is 29.7. The molecular formula is C11H7F17O3. The number of ether oxygens (including phenoxy) is 1. The lowest BCUT2D eigenvalue weighted by molar-refractivity contribution is -0.478. The summed E-state index contributed by atoms with van der Waals surface area (Å²) in [5, 5.41) is 16.7. The number of halogens is 17. The molecule has 0 saturated heterocycles. The Hall–Kier alpha value is -1.31. The van der Waals surface area contributed by atoms with Crippen molar-refractivity contribution in [1.29, 1.82) is 0 Å². The molecule has 0 heterocycles. The molecular weight excluding hydrogens is 503 g/mol. The lowest BCUT2D eigenvalue weighted by Crippen LogP contribution is -2.74. The SMILES string of the molecule is OCC(O)COC(F)(F)C(F)(F)C(F)(F)C(F)(F)C(F)(F)C(F)(F)C(F)(F)C(F)(F)F. The van der Waals surface area contributed by atoms with Gasteiger partial charge >= 0.3 is 47.8 Å². The minimum Gasteiger partial charge on any atom is -0.394 e. The molecule has 0 rings (SSSR count). The van der Waals surface area contributed by atoms with E-state index in [2.05, 4.69) is 4.74 Å². The predicted octanol–water partition coefficient (Wildman–Crippen LogP) is 4.32. The smallest absolute Gasteiger partial charge is 0.394 e. The Bertz CT molecular complexity index is 625. The molecule has 0 amide bonds. The van der Waals surface area contributed by atoms with Crippen molar-refractivity contribution in [1.82, 2.24) is 0 Å². The summed E-state index contributed by atoms with van der Waals surface area (Å²) in [5.41, 5.74) is 0. The van der Waals surface area contributed by atoms with Gasteiger partial charge in [-0.15, -0.1) is 0 Å². The zero-order chi connectivity index (χ0) is 25.7. The first-order valence-electron chi connectivity index (χ1n) is 6.85. The van der Waals surface area contributed by atoms with E-state index in [9.17, 15) is 74.6 Å². The van der Waals surface area contributed by atoms with Gasteiger partial charge in [0, 0.05) is 0 Å². The van der Waals surface area contributed by atoms with Crippen LogP contribution in [0.5, 0.6) is 0 Å². The second kappa shape index (κ2) is 7.92. The molecule has 0 aromatic rings. The van der Waals surface area contributed by atoms with Gasteiger partial charge in [-0.3, -0.25) is 0 Å². The Morgan fingerprint density at radius 1 is 0.516 bits per heavy atom. The Labute approximate surface area is 158 Å². The standard InChI is InChI=1S/C11H7F17O3/c12-4(13,6(16,17)8(20,21)10(24,25)26)5(14,15)7(18,19)9(22,23)11(27,28)31-2-3(30)1-29/h3,29-30H,1-2H2. The molecule has 0 aromatic heterocycles. The molecule has 20 heteroatoms. The first-order chi connectivity index (χ1) is 13.2. The van der Waals surface area contributed by atoms with Crippen molar-refractivity contribution < 1.29 is 89.6 Å². The van der Waals surface area contributed by atoms with Crippen molar-refractivity contribution in [2.45, 2.75) is 53.9 Å². The van der Waals surface area contributed by atoms with Crippen molar-refractivity contribution in [3.63, 3.8) is 0 Å². The van der Waals surface area contributed by atoms with Gasteiger partial charge in [0.1, 0.15) is 6.10 Å². The summed E-state index contributed by atoms with van der Waals surface area (Å²) < 4.78 is 221. The van der Waals surface area contributed by atoms with E-state index in [0.29, 0.717) is 0 Å². The minimum absolute atomic E-state index is 1.61. The average Bonchev–Trinajstić information content (AvgIpc) is 2.57. The highest BCUT2D eigenvalue weighted by atomic mass is 19.4. The molecule has 0 fully saturated rings. The van der Waals surface area contributed by atoms with Gasteiger partial charge in [0.25, 0.3) is 0 Å². The number of rotatable bonds is 10. The van der Waals surface area contributed by atoms with Crippen LogP contribution >= 0.6 is 0 Å². The Morgan fingerprint density at radius 2 is 0.806 bits per heavy atom. The van der Waals surface area contributed by atoms with Gasteiger partial charge in [0.05, 0.1) is 13.2 Å². The van der Waals surface area contributed by atoms with Crippen molar-refractivity contribution in [3.05, 3.63) is 0 Å². The summed E-state index contributed by atoms with van der Waals surface area (Å²) in [4.78, 5) is 0. The van der Waals surface area contributed by atoms with Crippen LogP contribution < -0.4 is 0 Å². The molecule has 188 valence electrons. The van der Waals surface area contributed by atoms with Crippen molar-refractivity contribution in [3.8, 4) is 0 Å². The van der Waals surface area contributed by atoms with Crippen molar-refractivity contribution in [2.24, 2.45) is 0 Å². The minimum atomic E-state index is -8.72. The number of aliphatic hydroxyl groups is 2. The van der Waals surface area contributed by atoms with Gasteiger partial charge in [-0.05, 0) is 0 Å². The summed E-state index contributed by atoms with van der Waals surface area (Å²) in [6.07, 6.45) is -17.5. The molecule has 1 unspecified atom stereocenters. The van der Waals surface area contributed by atoms with Crippen LogP contribution in [0.1, 0.15) is 0 Å². The maximum Gasteiger partial charge on any atom is 0.460 e. The second-order valence-corrected chi connectivity index (χ2v) is 5.61. The van der Waals surface area contributed by atoms with E-state index in [0.717, 1.165) is 0 Å². The number of hydrogen-bond donors (Lipinski definition) is 2. The summed E-state index contributed by atoms with van der Waals surface area (Å²) in [7, 11) is 0. The molecule has 3 nitrogen and oxygen atoms in total. The van der Waals surface area contributed by atoms with Gasteiger partial charge in [0.2, 0.25) is 0 Å². The van der Waals surface area contributed by atoms with Gasteiger partial charge in [-0.1, -0.05) is 0 Å². The molecule has 0 aliphatic heterocycles. The molecule has 0 radical (unpaired) electrons. The van der Waals surface area contributed by atoms with E-state index in [1.165, 1.54) is 0 Å². The first-order valence-corrected chi connectivity index (χ1v) is 6.85. The van der Waals surface area contributed by atoms with Gasteiger partial charge < -0.3 is 14.9 Å². The molecule has 0 aliphatic rings. The van der Waals surface area contributed by atoms with Gasteiger partial charge in [-0.25, -0.2) is 0 Å². The maximum atomic E-state index is 13.3. The molecule has 2 N–H and O–H groups in total. The fraction of sp³-hybridized carbons (Fsp3) is 1.00. The van der Waals surface area contributed by atoms with E-state index in [4.69, 9.17) is 10.2 Å². The summed E-state index contributed by atoms with van der Waals surface area (Å²) in [6.45, 7) is -3.88. The van der Waals surface area contributed by atoms with Crippen LogP contribution in [-0.4, -0.2) is 77.4 Å².